The van der Waals surface area contributed by atoms with Crippen molar-refractivity contribution in [1.29, 1.82) is 0 Å². The van der Waals surface area contributed by atoms with Crippen molar-refractivity contribution >= 4 is 17.8 Å². The number of carbonyl (C=O) groups is 3. The summed E-state index contributed by atoms with van der Waals surface area (Å²) in [7, 11) is 0. The zero-order valence-electron chi connectivity index (χ0n) is 10.6. The van der Waals surface area contributed by atoms with Crippen LogP contribution in [-0.2, 0) is 28.6 Å². The van der Waals surface area contributed by atoms with E-state index in [0.717, 1.165) is 0 Å². The zero-order chi connectivity index (χ0) is 13.7. The molecule has 0 aromatic carbocycles. The van der Waals surface area contributed by atoms with Crippen LogP contribution in [0.2, 0.25) is 0 Å². The lowest BCUT2D eigenvalue weighted by atomic mass is 10.0. The minimum absolute atomic E-state index is 0.284. The van der Waals surface area contributed by atoms with Crippen molar-refractivity contribution in [2.75, 3.05) is 6.61 Å². The summed E-state index contributed by atoms with van der Waals surface area (Å²) in [6, 6.07) is -0.691. The van der Waals surface area contributed by atoms with Gasteiger partial charge in [-0.3, -0.25) is 14.4 Å². The van der Waals surface area contributed by atoms with Crippen LogP contribution < -0.4 is 5.32 Å². The molecule has 1 N–H and O–H groups in total. The summed E-state index contributed by atoms with van der Waals surface area (Å²) < 4.78 is 15.3. The molecule has 1 rings (SSSR count). The normalized spacial score (nSPS) is 27.2. The number of esters is 2. The number of carbonyl (C=O) groups excluding carboxylic acids is 3. The van der Waals surface area contributed by atoms with Crippen LogP contribution in [0.3, 0.4) is 0 Å². The van der Waals surface area contributed by atoms with Gasteiger partial charge >= 0.3 is 11.9 Å². The Kier molecular flexibility index (Phi) is 5.08. The highest BCUT2D eigenvalue weighted by Gasteiger charge is 2.39. The van der Waals surface area contributed by atoms with E-state index in [1.165, 1.54) is 20.8 Å². The molecular weight excluding hydrogens is 242 g/mol. The van der Waals surface area contributed by atoms with Gasteiger partial charge in [0.2, 0.25) is 12.2 Å². The standard InChI is InChI=1S/C11H17NO6/c1-6(13)12-10-9(17-7(2)14)4-5-16-11(10)18-8(3)15/h9-11H,4-5H2,1-3H3,(H,12,13)/t9-,10+,11-/m0/s1. The highest BCUT2D eigenvalue weighted by molar-refractivity contribution is 5.73. The van der Waals surface area contributed by atoms with Crippen LogP contribution in [0.1, 0.15) is 27.2 Å². The largest absolute Gasteiger partial charge is 0.460 e. The highest BCUT2D eigenvalue weighted by Crippen LogP contribution is 2.19. The number of ether oxygens (including phenoxy) is 3. The van der Waals surface area contributed by atoms with Gasteiger partial charge in [-0.1, -0.05) is 0 Å². The predicted molar refractivity (Wildman–Crippen MR) is 59.3 cm³/mol. The Labute approximate surface area is 105 Å². The molecule has 3 atom stereocenters. The van der Waals surface area contributed by atoms with Gasteiger partial charge in [0.15, 0.2) is 0 Å². The Morgan fingerprint density at radius 1 is 1.11 bits per heavy atom. The third-order valence-electron chi connectivity index (χ3n) is 2.35. The Morgan fingerprint density at radius 2 is 1.72 bits per heavy atom. The zero-order valence-corrected chi connectivity index (χ0v) is 10.6. The summed E-state index contributed by atoms with van der Waals surface area (Å²) in [6.45, 7) is 4.13. The van der Waals surface area contributed by atoms with Gasteiger partial charge in [-0.05, 0) is 0 Å². The van der Waals surface area contributed by atoms with Crippen LogP contribution in [0.4, 0.5) is 0 Å². The molecule has 0 saturated carbocycles. The Morgan fingerprint density at radius 3 is 2.22 bits per heavy atom. The SMILES string of the molecule is CC(=O)N[C@H]1[C@H](OC(C)=O)OCC[C@@H]1OC(C)=O. The molecule has 0 unspecified atom stereocenters. The van der Waals surface area contributed by atoms with Gasteiger partial charge in [0.05, 0.1) is 6.61 Å². The molecule has 1 heterocycles. The molecule has 1 aliphatic heterocycles. The fourth-order valence-electron chi connectivity index (χ4n) is 1.77. The first-order valence-electron chi connectivity index (χ1n) is 5.63. The van der Waals surface area contributed by atoms with E-state index in [1.807, 2.05) is 0 Å². The molecule has 1 aliphatic rings. The maximum atomic E-state index is 11.1. The average molecular weight is 259 g/mol. The molecule has 0 bridgehead atoms. The highest BCUT2D eigenvalue weighted by atomic mass is 16.7. The first-order valence-corrected chi connectivity index (χ1v) is 5.63. The lowest BCUT2D eigenvalue weighted by Crippen LogP contribution is -2.57. The molecule has 1 saturated heterocycles. The molecular formula is C11H17NO6. The fourth-order valence-corrected chi connectivity index (χ4v) is 1.77. The van der Waals surface area contributed by atoms with Crippen molar-refractivity contribution in [2.45, 2.75) is 45.6 Å². The number of amides is 1. The third kappa shape index (κ3) is 4.33. The predicted octanol–water partition coefficient (Wildman–Crippen LogP) is -0.268. The second kappa shape index (κ2) is 6.34. The molecule has 1 amide bonds. The number of nitrogens with one attached hydrogen (secondary N) is 1. The fraction of sp³-hybridized carbons (Fsp3) is 0.727. The van der Waals surface area contributed by atoms with E-state index in [4.69, 9.17) is 14.2 Å². The first kappa shape index (κ1) is 14.4. The van der Waals surface area contributed by atoms with Crippen molar-refractivity contribution in [3.05, 3.63) is 0 Å². The molecule has 18 heavy (non-hydrogen) atoms. The Hall–Kier alpha value is -1.63. The maximum absolute atomic E-state index is 11.1. The average Bonchev–Trinajstić information content (AvgIpc) is 2.20. The number of rotatable bonds is 3. The molecule has 0 aliphatic carbocycles. The van der Waals surface area contributed by atoms with Gasteiger partial charge in [0.1, 0.15) is 12.1 Å². The summed E-state index contributed by atoms with van der Waals surface area (Å²) in [5.41, 5.74) is 0. The van der Waals surface area contributed by atoms with E-state index in [2.05, 4.69) is 5.32 Å². The van der Waals surface area contributed by atoms with E-state index in [0.29, 0.717) is 6.42 Å². The van der Waals surface area contributed by atoms with Crippen LogP contribution >= 0.6 is 0 Å². The van der Waals surface area contributed by atoms with E-state index in [1.54, 1.807) is 0 Å². The van der Waals surface area contributed by atoms with Gasteiger partial charge in [0.25, 0.3) is 0 Å². The third-order valence-corrected chi connectivity index (χ3v) is 2.35. The quantitative estimate of drug-likeness (QED) is 0.702. The van der Waals surface area contributed by atoms with E-state index >= 15 is 0 Å². The number of hydrogen-bond donors (Lipinski definition) is 1. The van der Waals surface area contributed by atoms with Crippen LogP contribution in [0.5, 0.6) is 0 Å². The molecule has 0 radical (unpaired) electrons. The molecule has 0 aromatic rings. The first-order chi connectivity index (χ1) is 8.40. The Balaban J connectivity index is 2.78. The smallest absolute Gasteiger partial charge is 0.305 e. The number of hydrogen-bond acceptors (Lipinski definition) is 6. The molecule has 0 aromatic heterocycles. The summed E-state index contributed by atoms with van der Waals surface area (Å²) >= 11 is 0. The second-order valence-corrected chi connectivity index (χ2v) is 4.01. The maximum Gasteiger partial charge on any atom is 0.305 e. The van der Waals surface area contributed by atoms with Gasteiger partial charge in [-0.2, -0.15) is 0 Å². The summed E-state index contributed by atoms with van der Waals surface area (Å²) in [4.78, 5) is 33.1. The lowest BCUT2D eigenvalue weighted by Gasteiger charge is -2.36. The summed E-state index contributed by atoms with van der Waals surface area (Å²) in [5.74, 6) is -1.31. The lowest BCUT2D eigenvalue weighted by molar-refractivity contribution is -0.211. The van der Waals surface area contributed by atoms with Crippen molar-refractivity contribution in [3.8, 4) is 0 Å². The summed E-state index contributed by atoms with van der Waals surface area (Å²) in [6.07, 6.45) is -1.07. The van der Waals surface area contributed by atoms with E-state index < -0.39 is 30.4 Å². The minimum Gasteiger partial charge on any atom is -0.460 e. The molecule has 0 spiro atoms. The van der Waals surface area contributed by atoms with Crippen LogP contribution in [0.15, 0.2) is 0 Å². The monoisotopic (exact) mass is 259 g/mol. The van der Waals surface area contributed by atoms with Crippen LogP contribution in [-0.4, -0.2) is 42.9 Å². The van der Waals surface area contributed by atoms with E-state index in [-0.39, 0.29) is 12.5 Å². The van der Waals surface area contributed by atoms with Gasteiger partial charge in [-0.25, -0.2) is 0 Å². The van der Waals surface area contributed by atoms with Crippen molar-refractivity contribution in [2.24, 2.45) is 0 Å². The second-order valence-electron chi connectivity index (χ2n) is 4.01. The molecule has 102 valence electrons. The molecule has 7 heteroatoms. The topological polar surface area (TPSA) is 90.9 Å². The molecule has 1 fully saturated rings. The molecule has 7 nitrogen and oxygen atoms in total. The van der Waals surface area contributed by atoms with Crippen molar-refractivity contribution in [3.63, 3.8) is 0 Å². The van der Waals surface area contributed by atoms with Crippen LogP contribution in [0, 0.1) is 0 Å². The van der Waals surface area contributed by atoms with Gasteiger partial charge in [0, 0.05) is 27.2 Å². The minimum atomic E-state index is -0.940. The Bertz CT molecular complexity index is 318. The van der Waals surface area contributed by atoms with Gasteiger partial charge in [-0.15, -0.1) is 0 Å². The summed E-state index contributed by atoms with van der Waals surface area (Å²) in [5, 5.41) is 2.57. The van der Waals surface area contributed by atoms with Gasteiger partial charge < -0.3 is 19.5 Å². The van der Waals surface area contributed by atoms with E-state index in [9.17, 15) is 14.4 Å². The van der Waals surface area contributed by atoms with Crippen molar-refractivity contribution in [1.82, 2.24) is 5.32 Å². The van der Waals surface area contributed by atoms with Crippen LogP contribution in [0.25, 0.3) is 0 Å². The van der Waals surface area contributed by atoms with Crippen molar-refractivity contribution < 1.29 is 28.6 Å².